The highest BCUT2D eigenvalue weighted by atomic mass is 35.5. The zero-order valence-corrected chi connectivity index (χ0v) is 15.5. The Morgan fingerprint density at radius 3 is 2.46 bits per heavy atom. The first-order valence-corrected chi connectivity index (χ1v) is 8.04. The van der Waals surface area contributed by atoms with Crippen LogP contribution in [-0.4, -0.2) is 37.2 Å². The number of hydrogen-bond acceptors (Lipinski definition) is 7. The van der Waals surface area contributed by atoms with Gasteiger partial charge in [0.25, 0.3) is 5.69 Å². The number of anilines is 1. The van der Waals surface area contributed by atoms with Crippen molar-refractivity contribution in [2.45, 2.75) is 0 Å². The third-order valence-corrected chi connectivity index (χ3v) is 3.71. The number of benzene rings is 2. The summed E-state index contributed by atoms with van der Waals surface area (Å²) in [4.78, 5) is 33.8. The number of halogens is 1. The van der Waals surface area contributed by atoms with Gasteiger partial charge in [-0.3, -0.25) is 19.7 Å². The highest BCUT2D eigenvalue weighted by molar-refractivity contribution is 6.39. The summed E-state index contributed by atoms with van der Waals surface area (Å²) in [6, 6.07) is 8.56. The summed E-state index contributed by atoms with van der Waals surface area (Å²) in [5.41, 5.74) is 2.29. The molecule has 2 aromatic rings. The number of amides is 2. The largest absolute Gasteiger partial charge is 0.493 e. The van der Waals surface area contributed by atoms with Crippen LogP contribution < -0.4 is 20.2 Å². The van der Waals surface area contributed by atoms with Gasteiger partial charge < -0.3 is 14.8 Å². The summed E-state index contributed by atoms with van der Waals surface area (Å²) < 4.78 is 10.3. The molecule has 0 atom stereocenters. The molecule has 10 nitrogen and oxygen atoms in total. The maximum atomic E-state index is 11.9. The fraction of sp³-hybridized carbons (Fsp3) is 0.118. The molecular formula is C17H15ClN4O6. The zero-order chi connectivity index (χ0) is 20.7. The Balaban J connectivity index is 1.99. The van der Waals surface area contributed by atoms with E-state index in [2.05, 4.69) is 15.8 Å². The number of ether oxygens (including phenoxy) is 2. The number of hydrogen-bond donors (Lipinski definition) is 2. The van der Waals surface area contributed by atoms with Gasteiger partial charge in [0.2, 0.25) is 0 Å². The van der Waals surface area contributed by atoms with E-state index in [0.717, 1.165) is 6.07 Å². The molecule has 0 saturated heterocycles. The van der Waals surface area contributed by atoms with Gasteiger partial charge in [-0.15, -0.1) is 0 Å². The second-order valence-corrected chi connectivity index (χ2v) is 5.60. The number of nitro groups is 1. The van der Waals surface area contributed by atoms with Crippen molar-refractivity contribution in [2.24, 2.45) is 5.10 Å². The van der Waals surface area contributed by atoms with E-state index < -0.39 is 22.4 Å². The first-order chi connectivity index (χ1) is 13.3. The van der Waals surface area contributed by atoms with Crippen LogP contribution in [0.3, 0.4) is 0 Å². The van der Waals surface area contributed by atoms with Crippen LogP contribution in [0.1, 0.15) is 5.56 Å². The number of hydrazone groups is 1. The molecule has 2 aromatic carbocycles. The second kappa shape index (κ2) is 9.33. The van der Waals surface area contributed by atoms with Crippen LogP contribution in [-0.2, 0) is 9.59 Å². The molecule has 2 rings (SSSR count). The summed E-state index contributed by atoms with van der Waals surface area (Å²) in [6.45, 7) is 0. The number of nitrogens with one attached hydrogen (secondary N) is 2. The number of rotatable bonds is 6. The van der Waals surface area contributed by atoms with E-state index in [1.165, 1.54) is 32.6 Å². The van der Waals surface area contributed by atoms with Crippen LogP contribution in [0.25, 0.3) is 0 Å². The van der Waals surface area contributed by atoms with Crippen LogP contribution in [0, 0.1) is 10.1 Å². The minimum Gasteiger partial charge on any atom is -0.493 e. The highest BCUT2D eigenvalue weighted by Crippen LogP contribution is 2.28. The van der Waals surface area contributed by atoms with E-state index in [9.17, 15) is 19.7 Å². The van der Waals surface area contributed by atoms with E-state index in [-0.39, 0.29) is 10.7 Å². The van der Waals surface area contributed by atoms with E-state index in [1.807, 2.05) is 0 Å². The molecule has 0 bridgehead atoms. The molecule has 0 aliphatic carbocycles. The van der Waals surface area contributed by atoms with Crippen LogP contribution in [0.4, 0.5) is 11.4 Å². The van der Waals surface area contributed by atoms with Gasteiger partial charge in [0.05, 0.1) is 25.4 Å². The number of nitro benzene ring substituents is 1. The third kappa shape index (κ3) is 5.17. The summed E-state index contributed by atoms with van der Waals surface area (Å²) in [7, 11) is 2.98. The molecule has 0 fully saturated rings. The quantitative estimate of drug-likeness (QED) is 0.327. The van der Waals surface area contributed by atoms with Gasteiger partial charge in [0.1, 0.15) is 5.02 Å². The SMILES string of the molecule is COc1ccc(/C=N\NC(=O)C(=O)Nc2ccc(Cl)c([N+](=O)[O-])c2)cc1OC. The van der Waals surface area contributed by atoms with Crippen molar-refractivity contribution >= 4 is 41.0 Å². The molecule has 0 aliphatic rings. The number of carbonyl (C=O) groups excluding carboxylic acids is 2. The normalized spacial score (nSPS) is 10.4. The Bertz CT molecular complexity index is 947. The first-order valence-electron chi connectivity index (χ1n) is 7.66. The molecule has 11 heteroatoms. The van der Waals surface area contributed by atoms with Crippen molar-refractivity contribution in [3.8, 4) is 11.5 Å². The Morgan fingerprint density at radius 2 is 1.82 bits per heavy atom. The van der Waals surface area contributed by atoms with Crippen molar-refractivity contribution in [1.82, 2.24) is 5.43 Å². The summed E-state index contributed by atoms with van der Waals surface area (Å²) in [5.74, 6) is -1.12. The molecule has 0 aromatic heterocycles. The van der Waals surface area contributed by atoms with Crippen LogP contribution in [0.2, 0.25) is 5.02 Å². The molecule has 0 saturated carbocycles. The lowest BCUT2D eigenvalue weighted by molar-refractivity contribution is -0.384. The van der Waals surface area contributed by atoms with Gasteiger partial charge in [-0.05, 0) is 35.9 Å². The third-order valence-electron chi connectivity index (χ3n) is 3.39. The highest BCUT2D eigenvalue weighted by Gasteiger charge is 2.17. The maximum absolute atomic E-state index is 11.9. The molecule has 0 aliphatic heterocycles. The summed E-state index contributed by atoms with van der Waals surface area (Å²) in [6.07, 6.45) is 1.31. The van der Waals surface area contributed by atoms with Crippen molar-refractivity contribution in [2.75, 3.05) is 19.5 Å². The number of methoxy groups -OCH3 is 2. The fourth-order valence-electron chi connectivity index (χ4n) is 2.07. The minimum absolute atomic E-state index is 0.0418. The Hall–Kier alpha value is -3.66. The van der Waals surface area contributed by atoms with E-state index in [1.54, 1.807) is 18.2 Å². The van der Waals surface area contributed by atoms with E-state index in [4.69, 9.17) is 21.1 Å². The predicted octanol–water partition coefficient (Wildman–Crippen LogP) is 2.35. The molecular weight excluding hydrogens is 392 g/mol. The smallest absolute Gasteiger partial charge is 0.329 e. The average Bonchev–Trinajstić information content (AvgIpc) is 2.68. The molecule has 0 spiro atoms. The molecule has 2 amide bonds. The fourth-order valence-corrected chi connectivity index (χ4v) is 2.25. The number of nitrogens with zero attached hydrogens (tertiary/aromatic N) is 2. The van der Waals surface area contributed by atoms with Crippen LogP contribution in [0.15, 0.2) is 41.5 Å². The Morgan fingerprint density at radius 1 is 1.11 bits per heavy atom. The Kier molecular flexibility index (Phi) is 6.88. The molecule has 146 valence electrons. The van der Waals surface area contributed by atoms with E-state index >= 15 is 0 Å². The first kappa shape index (κ1) is 20.6. The van der Waals surface area contributed by atoms with E-state index in [0.29, 0.717) is 17.1 Å². The zero-order valence-electron chi connectivity index (χ0n) is 14.8. The van der Waals surface area contributed by atoms with Crippen molar-refractivity contribution in [1.29, 1.82) is 0 Å². The minimum atomic E-state index is -1.06. The summed E-state index contributed by atoms with van der Waals surface area (Å²) >= 11 is 5.69. The molecule has 0 heterocycles. The molecule has 0 radical (unpaired) electrons. The number of carbonyl (C=O) groups is 2. The lowest BCUT2D eigenvalue weighted by Gasteiger charge is -2.07. The van der Waals surface area contributed by atoms with Gasteiger partial charge in [-0.2, -0.15) is 5.10 Å². The summed E-state index contributed by atoms with van der Waals surface area (Å²) in [5, 5.41) is 16.7. The van der Waals surface area contributed by atoms with Crippen LogP contribution in [0.5, 0.6) is 11.5 Å². The Labute approximate surface area is 164 Å². The molecule has 28 heavy (non-hydrogen) atoms. The average molecular weight is 407 g/mol. The van der Waals surface area contributed by atoms with Crippen molar-refractivity contribution in [3.05, 3.63) is 57.1 Å². The van der Waals surface area contributed by atoms with Gasteiger partial charge >= 0.3 is 11.8 Å². The second-order valence-electron chi connectivity index (χ2n) is 5.19. The molecule has 0 unspecified atom stereocenters. The maximum Gasteiger partial charge on any atom is 0.329 e. The molecule has 2 N–H and O–H groups in total. The van der Waals surface area contributed by atoms with Crippen molar-refractivity contribution < 1.29 is 24.0 Å². The van der Waals surface area contributed by atoms with Gasteiger partial charge in [-0.25, -0.2) is 5.43 Å². The van der Waals surface area contributed by atoms with Crippen LogP contribution >= 0.6 is 11.6 Å². The standard InChI is InChI=1S/C17H15ClN4O6/c1-27-14-6-3-10(7-15(14)28-2)9-19-21-17(24)16(23)20-11-4-5-12(18)13(8-11)22(25)26/h3-9H,1-2H3,(H,20,23)(H,21,24)/b19-9-. The van der Waals surface area contributed by atoms with Gasteiger partial charge in [0.15, 0.2) is 11.5 Å². The predicted molar refractivity (Wildman–Crippen MR) is 102 cm³/mol. The lowest BCUT2D eigenvalue weighted by Crippen LogP contribution is -2.32. The lowest BCUT2D eigenvalue weighted by atomic mass is 10.2. The van der Waals surface area contributed by atoms with Gasteiger partial charge in [0, 0.05) is 11.8 Å². The monoisotopic (exact) mass is 406 g/mol. The van der Waals surface area contributed by atoms with Gasteiger partial charge in [-0.1, -0.05) is 11.6 Å². The topological polar surface area (TPSA) is 132 Å². The van der Waals surface area contributed by atoms with Crippen molar-refractivity contribution in [3.63, 3.8) is 0 Å².